The van der Waals surface area contributed by atoms with Crippen molar-refractivity contribution in [1.82, 2.24) is 0 Å². The lowest BCUT2D eigenvalue weighted by molar-refractivity contribution is -0.137. The van der Waals surface area contributed by atoms with Gasteiger partial charge < -0.3 is 11.1 Å². The second-order valence-corrected chi connectivity index (χ2v) is 5.43. The average Bonchev–Trinajstić information content (AvgIpc) is 2.33. The summed E-state index contributed by atoms with van der Waals surface area (Å²) in [6, 6.07) is 5.14. The molecule has 0 amide bonds. The van der Waals surface area contributed by atoms with Crippen molar-refractivity contribution in [1.29, 1.82) is 0 Å². The Bertz CT molecular complexity index is 665. The summed E-state index contributed by atoms with van der Waals surface area (Å²) in [5.74, 6) is -0.544. The van der Waals surface area contributed by atoms with Crippen LogP contribution in [0, 0.1) is 5.82 Å². The summed E-state index contributed by atoms with van der Waals surface area (Å²) in [6.07, 6.45) is -4.47. The van der Waals surface area contributed by atoms with Crippen LogP contribution in [0.3, 0.4) is 0 Å². The van der Waals surface area contributed by atoms with Crippen molar-refractivity contribution in [3.8, 4) is 0 Å². The lowest BCUT2D eigenvalue weighted by Gasteiger charge is -2.14. The highest BCUT2D eigenvalue weighted by atomic mass is 79.9. The van der Waals surface area contributed by atoms with Gasteiger partial charge in [0.05, 0.1) is 27.6 Å². The molecule has 2 aromatic rings. The fourth-order valence-corrected chi connectivity index (χ4v) is 2.55. The molecule has 0 aliphatic rings. The molecular formula is C13H8BrClF4N2. The highest BCUT2D eigenvalue weighted by molar-refractivity contribution is 9.10. The predicted molar refractivity (Wildman–Crippen MR) is 78.2 cm³/mol. The van der Waals surface area contributed by atoms with Crippen LogP contribution in [0.1, 0.15) is 5.56 Å². The van der Waals surface area contributed by atoms with Crippen LogP contribution >= 0.6 is 27.5 Å². The summed E-state index contributed by atoms with van der Waals surface area (Å²) in [6.45, 7) is 0. The van der Waals surface area contributed by atoms with Crippen molar-refractivity contribution < 1.29 is 17.6 Å². The lowest BCUT2D eigenvalue weighted by Crippen LogP contribution is -2.07. The highest BCUT2D eigenvalue weighted by Gasteiger charge is 2.30. The maximum atomic E-state index is 13.1. The third kappa shape index (κ3) is 3.59. The van der Waals surface area contributed by atoms with Crippen LogP contribution in [0.15, 0.2) is 34.8 Å². The second-order valence-electron chi connectivity index (χ2n) is 4.17. The third-order valence-electron chi connectivity index (χ3n) is 2.65. The summed E-state index contributed by atoms with van der Waals surface area (Å²) in [5.41, 5.74) is 5.19. The zero-order chi connectivity index (χ0) is 15.8. The molecule has 0 aliphatic carbocycles. The minimum absolute atomic E-state index is 0.0705. The molecule has 0 aliphatic heterocycles. The van der Waals surface area contributed by atoms with Gasteiger partial charge in [-0.05, 0) is 46.3 Å². The molecule has 0 heterocycles. The third-order valence-corrected chi connectivity index (χ3v) is 3.57. The molecule has 0 radical (unpaired) electrons. The van der Waals surface area contributed by atoms with Gasteiger partial charge in [0.2, 0.25) is 0 Å². The minimum Gasteiger partial charge on any atom is -0.397 e. The van der Waals surface area contributed by atoms with E-state index < -0.39 is 17.6 Å². The molecule has 0 saturated heterocycles. The molecule has 2 rings (SSSR count). The van der Waals surface area contributed by atoms with Crippen LogP contribution in [0.4, 0.5) is 34.6 Å². The quantitative estimate of drug-likeness (QED) is 0.524. The Morgan fingerprint density at radius 2 is 1.81 bits per heavy atom. The van der Waals surface area contributed by atoms with Gasteiger partial charge in [0.1, 0.15) is 5.82 Å². The topological polar surface area (TPSA) is 38.0 Å². The first-order valence-electron chi connectivity index (χ1n) is 5.57. The standard InChI is InChI=1S/C13H8BrClF4N2/c14-8-4-7(16)5-9(15)12(8)21-11-2-1-6(3-10(11)20)13(17,18)19/h1-5,21H,20H2. The summed E-state index contributed by atoms with van der Waals surface area (Å²) in [4.78, 5) is 0. The fraction of sp³-hybridized carbons (Fsp3) is 0.0769. The van der Waals surface area contributed by atoms with Gasteiger partial charge in [-0.2, -0.15) is 13.2 Å². The summed E-state index contributed by atoms with van der Waals surface area (Å²) in [7, 11) is 0. The molecule has 0 fully saturated rings. The number of alkyl halides is 3. The van der Waals surface area contributed by atoms with Crippen molar-refractivity contribution in [3.63, 3.8) is 0 Å². The minimum atomic E-state index is -4.47. The Balaban J connectivity index is 2.37. The summed E-state index contributed by atoms with van der Waals surface area (Å²) in [5, 5.41) is 2.85. The highest BCUT2D eigenvalue weighted by Crippen LogP contribution is 2.37. The van der Waals surface area contributed by atoms with E-state index in [2.05, 4.69) is 21.2 Å². The Morgan fingerprint density at radius 1 is 1.14 bits per heavy atom. The van der Waals surface area contributed by atoms with Crippen molar-refractivity contribution in [2.45, 2.75) is 6.18 Å². The molecule has 112 valence electrons. The van der Waals surface area contributed by atoms with Crippen LogP contribution < -0.4 is 11.1 Å². The van der Waals surface area contributed by atoms with E-state index in [0.717, 1.165) is 18.2 Å². The number of anilines is 3. The first kappa shape index (κ1) is 15.9. The van der Waals surface area contributed by atoms with E-state index >= 15 is 0 Å². The number of nitrogens with one attached hydrogen (secondary N) is 1. The molecule has 2 aromatic carbocycles. The molecular weight excluding hydrogens is 376 g/mol. The monoisotopic (exact) mass is 382 g/mol. The van der Waals surface area contributed by atoms with Gasteiger partial charge in [-0.15, -0.1) is 0 Å². The Morgan fingerprint density at radius 3 is 2.33 bits per heavy atom. The van der Waals surface area contributed by atoms with Crippen molar-refractivity contribution >= 4 is 44.6 Å². The molecule has 0 unspecified atom stereocenters. The average molecular weight is 384 g/mol. The van der Waals surface area contributed by atoms with Crippen LogP contribution in [-0.2, 0) is 6.18 Å². The number of hydrogen-bond donors (Lipinski definition) is 2. The largest absolute Gasteiger partial charge is 0.416 e. The number of hydrogen-bond acceptors (Lipinski definition) is 2. The number of rotatable bonds is 2. The van der Waals surface area contributed by atoms with Gasteiger partial charge >= 0.3 is 6.18 Å². The molecule has 0 spiro atoms. The SMILES string of the molecule is Nc1cc(C(F)(F)F)ccc1Nc1c(Cl)cc(F)cc1Br. The van der Waals surface area contributed by atoms with Gasteiger partial charge in [-0.1, -0.05) is 11.6 Å². The summed E-state index contributed by atoms with van der Waals surface area (Å²) < 4.78 is 51.1. The normalized spacial score (nSPS) is 11.5. The summed E-state index contributed by atoms with van der Waals surface area (Å²) >= 11 is 9.01. The molecule has 0 aromatic heterocycles. The van der Waals surface area contributed by atoms with Crippen molar-refractivity contribution in [3.05, 3.63) is 51.2 Å². The molecule has 2 nitrogen and oxygen atoms in total. The Kier molecular flexibility index (Phi) is 4.34. The first-order valence-corrected chi connectivity index (χ1v) is 6.74. The molecule has 0 atom stereocenters. The van der Waals surface area contributed by atoms with Gasteiger partial charge in [-0.3, -0.25) is 0 Å². The smallest absolute Gasteiger partial charge is 0.397 e. The van der Waals surface area contributed by atoms with E-state index in [9.17, 15) is 17.6 Å². The number of benzene rings is 2. The van der Waals surface area contributed by atoms with Crippen LogP contribution in [0.5, 0.6) is 0 Å². The van der Waals surface area contributed by atoms with E-state index in [4.69, 9.17) is 17.3 Å². The maximum absolute atomic E-state index is 13.1. The molecule has 0 saturated carbocycles. The first-order chi connectivity index (χ1) is 9.68. The van der Waals surface area contributed by atoms with E-state index in [0.29, 0.717) is 10.2 Å². The van der Waals surface area contributed by atoms with Crippen LogP contribution in [-0.4, -0.2) is 0 Å². The Hall–Kier alpha value is -1.47. The molecule has 0 bridgehead atoms. The van der Waals surface area contributed by atoms with Crippen LogP contribution in [0.2, 0.25) is 5.02 Å². The number of halogens is 6. The van der Waals surface area contributed by atoms with Crippen molar-refractivity contribution in [2.75, 3.05) is 11.1 Å². The van der Waals surface area contributed by atoms with Crippen molar-refractivity contribution in [2.24, 2.45) is 0 Å². The lowest BCUT2D eigenvalue weighted by atomic mass is 10.1. The molecule has 3 N–H and O–H groups in total. The van der Waals surface area contributed by atoms with Gasteiger partial charge in [0.25, 0.3) is 0 Å². The zero-order valence-electron chi connectivity index (χ0n) is 10.2. The predicted octanol–water partition coefficient (Wildman–Crippen LogP) is 5.59. The van der Waals surface area contributed by atoms with E-state index in [-0.39, 0.29) is 16.4 Å². The van der Waals surface area contributed by atoms with Crippen LogP contribution in [0.25, 0.3) is 0 Å². The second kappa shape index (κ2) is 5.73. The zero-order valence-corrected chi connectivity index (χ0v) is 12.6. The number of nitrogen functional groups attached to an aromatic ring is 1. The molecule has 8 heteroatoms. The Labute approximate surface area is 131 Å². The molecule has 21 heavy (non-hydrogen) atoms. The fourth-order valence-electron chi connectivity index (χ4n) is 1.65. The van der Waals surface area contributed by atoms with Gasteiger partial charge in [0, 0.05) is 4.47 Å². The maximum Gasteiger partial charge on any atom is 0.416 e. The van der Waals surface area contributed by atoms with E-state index in [1.54, 1.807) is 0 Å². The van der Waals surface area contributed by atoms with E-state index in [1.165, 1.54) is 12.1 Å². The van der Waals surface area contributed by atoms with E-state index in [1.807, 2.05) is 0 Å². The van der Waals surface area contributed by atoms with Gasteiger partial charge in [0.15, 0.2) is 0 Å². The number of nitrogens with two attached hydrogens (primary N) is 1. The van der Waals surface area contributed by atoms with Gasteiger partial charge in [-0.25, -0.2) is 4.39 Å².